The largest absolute Gasteiger partial charge is 0.256 e. The van der Waals surface area contributed by atoms with Crippen LogP contribution >= 0.6 is 11.3 Å². The van der Waals surface area contributed by atoms with E-state index >= 15 is 0 Å². The Morgan fingerprint density at radius 2 is 1.02 bits per heavy atom. The molecule has 8 aromatic rings. The van der Waals surface area contributed by atoms with Crippen LogP contribution in [-0.2, 0) is 0 Å². The van der Waals surface area contributed by atoms with E-state index in [0.29, 0.717) is 11.1 Å². The maximum absolute atomic E-state index is 9.29. The molecule has 208 valence electrons. The number of benzene rings is 5. The van der Waals surface area contributed by atoms with Gasteiger partial charge in [0.2, 0.25) is 0 Å². The van der Waals surface area contributed by atoms with E-state index < -0.39 is 0 Å². The van der Waals surface area contributed by atoms with Gasteiger partial charge in [0.25, 0.3) is 0 Å². The Morgan fingerprint density at radius 3 is 1.64 bits per heavy atom. The molecule has 45 heavy (non-hydrogen) atoms. The molecular weight excluding hydrogens is 569 g/mol. The van der Waals surface area contributed by atoms with Crippen molar-refractivity contribution in [1.82, 2.24) is 9.97 Å². The summed E-state index contributed by atoms with van der Waals surface area (Å²) in [5.74, 6) is 0. The lowest BCUT2D eigenvalue weighted by molar-refractivity contribution is 1.31. The second-order valence-electron chi connectivity index (χ2n) is 10.9. The van der Waals surface area contributed by atoms with Crippen LogP contribution in [-0.4, -0.2) is 9.97 Å². The third-order valence-corrected chi connectivity index (χ3v) is 9.36. The fourth-order valence-electron chi connectivity index (χ4n) is 6.03. The number of rotatable bonds is 4. The summed E-state index contributed by atoms with van der Waals surface area (Å²) in [6, 6.07) is 46.0. The van der Waals surface area contributed by atoms with Crippen molar-refractivity contribution >= 4 is 42.3 Å². The van der Waals surface area contributed by atoms with E-state index in [1.165, 1.54) is 36.5 Å². The number of thiophene rings is 1. The Morgan fingerprint density at radius 1 is 0.467 bits per heavy atom. The zero-order valence-corrected chi connectivity index (χ0v) is 24.7. The Hall–Kier alpha value is -6.14. The van der Waals surface area contributed by atoms with Crippen molar-refractivity contribution in [2.24, 2.45) is 0 Å². The van der Waals surface area contributed by atoms with Crippen LogP contribution in [0.3, 0.4) is 0 Å². The molecule has 0 aliphatic rings. The van der Waals surface area contributed by atoms with Crippen LogP contribution in [0.5, 0.6) is 0 Å². The molecule has 0 bridgehead atoms. The Labute approximate surface area is 263 Å². The zero-order chi connectivity index (χ0) is 30.3. The second kappa shape index (κ2) is 10.8. The first-order chi connectivity index (χ1) is 22.2. The average Bonchev–Trinajstić information content (AvgIpc) is 3.49. The monoisotopic (exact) mass is 590 g/mol. The van der Waals surface area contributed by atoms with Gasteiger partial charge in [-0.05, 0) is 69.4 Å². The van der Waals surface area contributed by atoms with E-state index in [9.17, 15) is 10.5 Å². The molecule has 5 heteroatoms. The number of nitriles is 2. The summed E-state index contributed by atoms with van der Waals surface area (Å²) in [6.07, 6.45) is 3.36. The third-order valence-electron chi connectivity index (χ3n) is 8.26. The fourth-order valence-corrected chi connectivity index (χ4v) is 7.23. The minimum Gasteiger partial charge on any atom is -0.256 e. The van der Waals surface area contributed by atoms with Crippen molar-refractivity contribution in [1.29, 1.82) is 10.5 Å². The quantitative estimate of drug-likeness (QED) is 0.204. The molecule has 0 radical (unpaired) electrons. The van der Waals surface area contributed by atoms with E-state index in [1.54, 1.807) is 24.5 Å². The molecule has 0 saturated heterocycles. The number of pyridine rings is 2. The van der Waals surface area contributed by atoms with Gasteiger partial charge in [0.15, 0.2) is 0 Å². The van der Waals surface area contributed by atoms with E-state index in [0.717, 1.165) is 39.2 Å². The summed E-state index contributed by atoms with van der Waals surface area (Å²) < 4.78 is 2.50. The first-order valence-corrected chi connectivity index (χ1v) is 15.3. The zero-order valence-electron chi connectivity index (χ0n) is 23.9. The minimum absolute atomic E-state index is 0.602. The SMILES string of the molecule is N#Cc1ccnc(-c2ccc(-c3ccc4c(c3)sc3cc(-c5ccc(-c6cc(C#N)ccn6)cc5)c5ccccc5c34)cc2)c1. The van der Waals surface area contributed by atoms with Gasteiger partial charge in [-0.3, -0.25) is 9.97 Å². The van der Waals surface area contributed by atoms with Gasteiger partial charge in [0.05, 0.1) is 34.7 Å². The number of fused-ring (bicyclic) bond motifs is 5. The molecule has 0 spiro atoms. The Balaban J connectivity index is 1.19. The van der Waals surface area contributed by atoms with Crippen LogP contribution in [0.2, 0.25) is 0 Å². The van der Waals surface area contributed by atoms with Crippen molar-refractivity contribution in [3.8, 4) is 56.9 Å². The fraction of sp³-hybridized carbons (Fsp3) is 0. The van der Waals surface area contributed by atoms with E-state index in [2.05, 4.69) is 119 Å². The summed E-state index contributed by atoms with van der Waals surface area (Å²) in [5, 5.41) is 23.5. The molecule has 0 unspecified atom stereocenters. The first kappa shape index (κ1) is 26.5. The molecule has 8 rings (SSSR count). The molecular formula is C40H22N4S. The van der Waals surface area contributed by atoms with E-state index in [4.69, 9.17) is 0 Å². The number of hydrogen-bond acceptors (Lipinski definition) is 5. The van der Waals surface area contributed by atoms with Crippen molar-refractivity contribution in [2.45, 2.75) is 0 Å². The molecule has 0 N–H and O–H groups in total. The molecule has 5 aromatic carbocycles. The third kappa shape index (κ3) is 4.69. The second-order valence-corrected chi connectivity index (χ2v) is 12.0. The molecule has 0 amide bonds. The van der Waals surface area contributed by atoms with Crippen molar-refractivity contribution in [2.75, 3.05) is 0 Å². The first-order valence-electron chi connectivity index (χ1n) is 14.5. The lowest BCUT2D eigenvalue weighted by atomic mass is 9.94. The average molecular weight is 591 g/mol. The summed E-state index contributed by atoms with van der Waals surface area (Å²) in [4.78, 5) is 8.91. The molecule has 4 nitrogen and oxygen atoms in total. The summed E-state index contributed by atoms with van der Waals surface area (Å²) in [6.45, 7) is 0. The molecule has 0 atom stereocenters. The van der Waals surface area contributed by atoms with Gasteiger partial charge in [-0.2, -0.15) is 10.5 Å². The molecule has 0 aliphatic carbocycles. The van der Waals surface area contributed by atoms with Crippen molar-refractivity contribution in [3.63, 3.8) is 0 Å². The summed E-state index contributed by atoms with van der Waals surface area (Å²) in [7, 11) is 0. The standard InChI is InChI=1S/C40H22N4S/c41-23-25-15-17-43-36(19-25)29-9-5-27(6-10-29)31-13-14-34-38(21-31)45-39-22-35(32-3-1-2-4-33(32)40(34)39)28-7-11-30(12-8-28)37-20-26(24-42)16-18-44-37/h1-22H. The van der Waals surface area contributed by atoms with Gasteiger partial charge < -0.3 is 0 Å². The topological polar surface area (TPSA) is 73.4 Å². The predicted octanol–water partition coefficient (Wildman–Crippen LogP) is 10.4. The highest BCUT2D eigenvalue weighted by Gasteiger charge is 2.15. The molecule has 0 saturated carbocycles. The van der Waals surface area contributed by atoms with Gasteiger partial charge in [0.1, 0.15) is 0 Å². The summed E-state index contributed by atoms with van der Waals surface area (Å²) in [5.41, 5.74) is 9.39. The predicted molar refractivity (Wildman–Crippen MR) is 184 cm³/mol. The molecule has 0 aliphatic heterocycles. The van der Waals surface area contributed by atoms with Crippen LogP contribution in [0.25, 0.3) is 75.7 Å². The van der Waals surface area contributed by atoms with Crippen LogP contribution in [0.4, 0.5) is 0 Å². The Bertz CT molecular complexity index is 2500. The lowest BCUT2D eigenvalue weighted by Crippen LogP contribution is -1.86. The van der Waals surface area contributed by atoms with Gasteiger partial charge in [-0.1, -0.05) is 84.9 Å². The number of nitrogens with zero attached hydrogens (tertiary/aromatic N) is 4. The maximum atomic E-state index is 9.29. The molecule has 3 aromatic heterocycles. The van der Waals surface area contributed by atoms with Crippen LogP contribution in [0.15, 0.2) is 134 Å². The molecule has 0 fully saturated rings. The maximum Gasteiger partial charge on any atom is 0.0992 e. The Kier molecular flexibility index (Phi) is 6.38. The van der Waals surface area contributed by atoms with Gasteiger partial charge >= 0.3 is 0 Å². The number of hydrogen-bond donors (Lipinski definition) is 0. The highest BCUT2D eigenvalue weighted by molar-refractivity contribution is 7.26. The minimum atomic E-state index is 0.602. The highest BCUT2D eigenvalue weighted by atomic mass is 32.1. The molecule has 3 heterocycles. The van der Waals surface area contributed by atoms with Gasteiger partial charge in [-0.15, -0.1) is 11.3 Å². The van der Waals surface area contributed by atoms with Crippen LogP contribution in [0.1, 0.15) is 11.1 Å². The van der Waals surface area contributed by atoms with Gasteiger partial charge in [0, 0.05) is 43.7 Å². The highest BCUT2D eigenvalue weighted by Crippen LogP contribution is 2.44. The normalized spacial score (nSPS) is 11.1. The van der Waals surface area contributed by atoms with E-state index in [1.807, 2.05) is 23.5 Å². The van der Waals surface area contributed by atoms with Gasteiger partial charge in [-0.25, -0.2) is 0 Å². The van der Waals surface area contributed by atoms with Crippen LogP contribution < -0.4 is 0 Å². The van der Waals surface area contributed by atoms with E-state index in [-0.39, 0.29) is 0 Å². The number of aromatic nitrogens is 2. The van der Waals surface area contributed by atoms with Crippen LogP contribution in [0, 0.1) is 22.7 Å². The smallest absolute Gasteiger partial charge is 0.0992 e. The lowest BCUT2D eigenvalue weighted by Gasteiger charge is -2.10. The summed E-state index contributed by atoms with van der Waals surface area (Å²) >= 11 is 1.82. The van der Waals surface area contributed by atoms with Crippen molar-refractivity contribution < 1.29 is 0 Å². The van der Waals surface area contributed by atoms with Crippen molar-refractivity contribution in [3.05, 3.63) is 145 Å².